The van der Waals surface area contributed by atoms with E-state index >= 15 is 0 Å². The zero-order chi connectivity index (χ0) is 17.9. The summed E-state index contributed by atoms with van der Waals surface area (Å²) >= 11 is 0. The van der Waals surface area contributed by atoms with Crippen molar-refractivity contribution in [2.24, 2.45) is 0 Å². The number of pyridine rings is 1. The van der Waals surface area contributed by atoms with Crippen molar-refractivity contribution in [3.63, 3.8) is 0 Å². The maximum absolute atomic E-state index is 12.9. The molecule has 6 nitrogen and oxygen atoms in total. The average molecular weight is 350 g/mol. The van der Waals surface area contributed by atoms with Crippen molar-refractivity contribution >= 4 is 11.6 Å². The molecule has 1 aliphatic rings. The number of rotatable bonds is 4. The van der Waals surface area contributed by atoms with Crippen LogP contribution in [-0.4, -0.2) is 62.9 Å². The van der Waals surface area contributed by atoms with Crippen LogP contribution in [0.2, 0.25) is 0 Å². The summed E-state index contributed by atoms with van der Waals surface area (Å²) in [6, 6.07) is 11.1. The maximum atomic E-state index is 12.9. The van der Waals surface area contributed by atoms with E-state index in [1.54, 1.807) is 18.3 Å². The summed E-state index contributed by atoms with van der Waals surface area (Å²) in [7, 11) is 0. The standard InChI is InChI=1S/C20H22N4O2/c25-17-5-3-16(4-6-17)7-10-22-12-14-24(15-13-22)20(26)18-2-1-9-23-11-8-21-19(18)23/h1-6,8-9,11,25H,7,10,12-15H2. The molecule has 3 aromatic rings. The molecule has 0 unspecified atom stereocenters. The molecule has 1 amide bonds. The first kappa shape index (κ1) is 16.6. The lowest BCUT2D eigenvalue weighted by Gasteiger charge is -2.34. The van der Waals surface area contributed by atoms with Crippen LogP contribution in [0, 0.1) is 0 Å². The van der Waals surface area contributed by atoms with Crippen LogP contribution in [0.4, 0.5) is 0 Å². The Balaban J connectivity index is 1.34. The Bertz CT molecular complexity index is 896. The predicted octanol–water partition coefficient (Wildman–Crippen LogP) is 2.04. The molecule has 1 N–H and O–H groups in total. The van der Waals surface area contributed by atoms with Crippen LogP contribution in [0.1, 0.15) is 15.9 Å². The molecule has 4 rings (SSSR count). The second kappa shape index (κ2) is 7.17. The Morgan fingerprint density at radius 2 is 1.81 bits per heavy atom. The normalized spacial score (nSPS) is 15.5. The molecule has 0 saturated carbocycles. The molecule has 1 aliphatic heterocycles. The number of hydrogen-bond acceptors (Lipinski definition) is 4. The highest BCUT2D eigenvalue weighted by atomic mass is 16.3. The summed E-state index contributed by atoms with van der Waals surface area (Å²) < 4.78 is 1.88. The number of carbonyl (C=O) groups is 1. The number of amides is 1. The molecule has 2 aromatic heterocycles. The molecular weight excluding hydrogens is 328 g/mol. The highest BCUT2D eigenvalue weighted by molar-refractivity contribution is 5.99. The van der Waals surface area contributed by atoms with Crippen molar-refractivity contribution in [3.8, 4) is 5.75 Å². The van der Waals surface area contributed by atoms with Crippen molar-refractivity contribution in [3.05, 3.63) is 66.1 Å². The van der Waals surface area contributed by atoms with Crippen LogP contribution >= 0.6 is 0 Å². The van der Waals surface area contributed by atoms with E-state index in [2.05, 4.69) is 9.88 Å². The summed E-state index contributed by atoms with van der Waals surface area (Å²) in [5, 5.41) is 9.35. The van der Waals surface area contributed by atoms with Crippen LogP contribution in [0.3, 0.4) is 0 Å². The minimum Gasteiger partial charge on any atom is -0.508 e. The molecular formula is C20H22N4O2. The number of imidazole rings is 1. The van der Waals surface area contributed by atoms with Gasteiger partial charge in [-0.15, -0.1) is 0 Å². The third kappa shape index (κ3) is 3.41. The van der Waals surface area contributed by atoms with Crippen LogP contribution in [0.5, 0.6) is 5.75 Å². The van der Waals surface area contributed by atoms with Crippen molar-refractivity contribution in [2.75, 3.05) is 32.7 Å². The number of hydrogen-bond donors (Lipinski definition) is 1. The summed E-state index contributed by atoms with van der Waals surface area (Å²) in [5.74, 6) is 0.355. The fraction of sp³-hybridized carbons (Fsp3) is 0.300. The molecule has 1 saturated heterocycles. The van der Waals surface area contributed by atoms with Crippen molar-refractivity contribution in [2.45, 2.75) is 6.42 Å². The van der Waals surface area contributed by atoms with Gasteiger partial charge < -0.3 is 14.4 Å². The highest BCUT2D eigenvalue weighted by Gasteiger charge is 2.23. The summed E-state index contributed by atoms with van der Waals surface area (Å²) in [5.41, 5.74) is 2.59. The number of aromatic hydroxyl groups is 1. The average Bonchev–Trinajstić information content (AvgIpc) is 3.16. The number of phenolic OH excluding ortho intramolecular Hbond substituents is 1. The third-order valence-electron chi connectivity index (χ3n) is 4.96. The summed E-state index contributed by atoms with van der Waals surface area (Å²) in [4.78, 5) is 21.5. The van der Waals surface area contributed by atoms with Crippen molar-refractivity contribution < 1.29 is 9.90 Å². The Labute approximate surface area is 152 Å². The van der Waals surface area contributed by atoms with Gasteiger partial charge in [0.15, 0.2) is 0 Å². The van der Waals surface area contributed by atoms with Crippen LogP contribution in [0.25, 0.3) is 5.65 Å². The predicted molar refractivity (Wildman–Crippen MR) is 99.3 cm³/mol. The van der Waals surface area contributed by atoms with E-state index < -0.39 is 0 Å². The van der Waals surface area contributed by atoms with E-state index in [1.807, 2.05) is 46.0 Å². The van der Waals surface area contributed by atoms with Gasteiger partial charge in [0.25, 0.3) is 5.91 Å². The Kier molecular flexibility index (Phi) is 4.58. The Morgan fingerprint density at radius 1 is 1.04 bits per heavy atom. The molecule has 6 heteroatoms. The monoisotopic (exact) mass is 350 g/mol. The number of fused-ring (bicyclic) bond motifs is 1. The van der Waals surface area contributed by atoms with E-state index in [-0.39, 0.29) is 5.91 Å². The highest BCUT2D eigenvalue weighted by Crippen LogP contribution is 2.15. The number of piperazine rings is 1. The quantitative estimate of drug-likeness (QED) is 0.782. The lowest BCUT2D eigenvalue weighted by Crippen LogP contribution is -2.49. The molecule has 134 valence electrons. The fourth-order valence-electron chi connectivity index (χ4n) is 3.41. The largest absolute Gasteiger partial charge is 0.508 e. The van der Waals surface area contributed by atoms with Gasteiger partial charge in [0.05, 0.1) is 5.56 Å². The fourth-order valence-corrected chi connectivity index (χ4v) is 3.41. The number of carbonyl (C=O) groups excluding carboxylic acids is 1. The second-order valence-corrected chi connectivity index (χ2v) is 6.63. The number of benzene rings is 1. The first-order valence-electron chi connectivity index (χ1n) is 8.92. The van der Waals surface area contributed by atoms with Gasteiger partial charge in [-0.25, -0.2) is 4.98 Å². The van der Waals surface area contributed by atoms with Gasteiger partial charge in [0, 0.05) is 51.3 Å². The zero-order valence-electron chi connectivity index (χ0n) is 14.6. The summed E-state index contributed by atoms with van der Waals surface area (Å²) in [6.07, 6.45) is 6.42. The zero-order valence-corrected chi connectivity index (χ0v) is 14.6. The van der Waals surface area contributed by atoms with Crippen LogP contribution in [-0.2, 0) is 6.42 Å². The van der Waals surface area contributed by atoms with E-state index in [0.29, 0.717) is 17.0 Å². The molecule has 1 fully saturated rings. The van der Waals surface area contributed by atoms with E-state index in [4.69, 9.17) is 0 Å². The molecule has 0 atom stereocenters. The van der Waals surface area contributed by atoms with Gasteiger partial charge in [-0.1, -0.05) is 12.1 Å². The molecule has 0 aliphatic carbocycles. The Morgan fingerprint density at radius 3 is 2.58 bits per heavy atom. The van der Waals surface area contributed by atoms with Gasteiger partial charge in [-0.2, -0.15) is 0 Å². The van der Waals surface area contributed by atoms with E-state index in [9.17, 15) is 9.90 Å². The van der Waals surface area contributed by atoms with E-state index in [0.717, 1.165) is 39.1 Å². The van der Waals surface area contributed by atoms with Crippen molar-refractivity contribution in [1.29, 1.82) is 0 Å². The summed E-state index contributed by atoms with van der Waals surface area (Å²) in [6.45, 7) is 4.18. The number of nitrogens with zero attached hydrogens (tertiary/aromatic N) is 4. The molecule has 26 heavy (non-hydrogen) atoms. The smallest absolute Gasteiger partial charge is 0.257 e. The van der Waals surface area contributed by atoms with Crippen LogP contribution in [0.15, 0.2) is 55.0 Å². The minimum absolute atomic E-state index is 0.0555. The first-order chi connectivity index (χ1) is 12.7. The number of aromatic nitrogens is 2. The van der Waals surface area contributed by atoms with Gasteiger partial charge in [0.1, 0.15) is 11.4 Å². The van der Waals surface area contributed by atoms with Crippen molar-refractivity contribution in [1.82, 2.24) is 19.2 Å². The third-order valence-corrected chi connectivity index (χ3v) is 4.96. The molecule has 3 heterocycles. The minimum atomic E-state index is 0.0555. The van der Waals surface area contributed by atoms with E-state index in [1.165, 1.54) is 5.56 Å². The van der Waals surface area contributed by atoms with Gasteiger partial charge in [-0.05, 0) is 36.2 Å². The Hall–Kier alpha value is -2.86. The lowest BCUT2D eigenvalue weighted by molar-refractivity contribution is 0.0640. The molecule has 0 bridgehead atoms. The van der Waals surface area contributed by atoms with Crippen LogP contribution < -0.4 is 0 Å². The molecule has 0 radical (unpaired) electrons. The maximum Gasteiger partial charge on any atom is 0.257 e. The number of phenols is 1. The SMILES string of the molecule is O=C(c1cccn2ccnc12)N1CCN(CCc2ccc(O)cc2)CC1. The van der Waals surface area contributed by atoms with Gasteiger partial charge >= 0.3 is 0 Å². The molecule has 1 aromatic carbocycles. The van der Waals surface area contributed by atoms with Gasteiger partial charge in [0.2, 0.25) is 0 Å². The van der Waals surface area contributed by atoms with Gasteiger partial charge in [-0.3, -0.25) is 9.69 Å². The first-order valence-corrected chi connectivity index (χ1v) is 8.92. The lowest BCUT2D eigenvalue weighted by atomic mass is 10.1. The topological polar surface area (TPSA) is 61.1 Å². The molecule has 0 spiro atoms. The second-order valence-electron chi connectivity index (χ2n) is 6.63.